The van der Waals surface area contributed by atoms with Crippen molar-refractivity contribution in [2.45, 2.75) is 45.0 Å². The average Bonchev–Trinajstić information content (AvgIpc) is 3.22. The van der Waals surface area contributed by atoms with Gasteiger partial charge < -0.3 is 25.0 Å². The molecule has 2 aliphatic heterocycles. The summed E-state index contributed by atoms with van der Waals surface area (Å²) in [4.78, 5) is 4.29. The lowest BCUT2D eigenvalue weighted by molar-refractivity contribution is -0.274. The lowest BCUT2D eigenvalue weighted by Crippen LogP contribution is -2.52. The Hall–Kier alpha value is -3.28. The monoisotopic (exact) mass is 503 g/mol. The zero-order chi connectivity index (χ0) is 25.2. The van der Waals surface area contributed by atoms with Crippen molar-refractivity contribution in [3.05, 3.63) is 23.8 Å². The summed E-state index contributed by atoms with van der Waals surface area (Å²) < 4.78 is 50.5. The minimum Gasteiger partial charge on any atom is -0.486 e. The van der Waals surface area contributed by atoms with Gasteiger partial charge in [-0.1, -0.05) is 6.07 Å². The molecule has 0 bridgehead atoms. The van der Waals surface area contributed by atoms with E-state index in [-0.39, 0.29) is 5.75 Å². The summed E-state index contributed by atoms with van der Waals surface area (Å²) in [5, 5.41) is 13.6. The van der Waals surface area contributed by atoms with Crippen molar-refractivity contribution in [2.75, 3.05) is 43.1 Å². The summed E-state index contributed by atoms with van der Waals surface area (Å²) in [7, 11) is 1.96. The Morgan fingerprint density at radius 3 is 2.58 bits per heavy atom. The third-order valence-electron chi connectivity index (χ3n) is 7.72. The van der Waals surface area contributed by atoms with Crippen molar-refractivity contribution in [1.29, 1.82) is 0 Å². The van der Waals surface area contributed by atoms with E-state index in [9.17, 15) is 13.2 Å². The number of anilines is 2. The van der Waals surface area contributed by atoms with E-state index in [0.29, 0.717) is 53.2 Å². The highest BCUT2D eigenvalue weighted by Gasteiger charge is 2.45. The maximum absolute atomic E-state index is 12.9. The van der Waals surface area contributed by atoms with Crippen LogP contribution >= 0.6 is 0 Å². The number of nitrogens with zero attached hydrogens (tertiary/aromatic N) is 6. The van der Waals surface area contributed by atoms with Gasteiger partial charge in [-0.25, -0.2) is 0 Å². The molecule has 3 aromatic rings. The van der Waals surface area contributed by atoms with E-state index in [4.69, 9.17) is 15.6 Å². The highest BCUT2D eigenvalue weighted by Crippen LogP contribution is 2.50. The highest BCUT2D eigenvalue weighted by atomic mass is 19.4. The van der Waals surface area contributed by atoms with E-state index in [0.717, 1.165) is 50.0 Å². The predicted molar refractivity (Wildman–Crippen MR) is 127 cm³/mol. The van der Waals surface area contributed by atoms with Gasteiger partial charge in [0.05, 0.1) is 6.54 Å². The summed E-state index contributed by atoms with van der Waals surface area (Å²) in [6, 6.07) is 4.48. The largest absolute Gasteiger partial charge is 0.573 e. The van der Waals surface area contributed by atoms with E-state index < -0.39 is 6.36 Å². The van der Waals surface area contributed by atoms with E-state index >= 15 is 0 Å². The standard InChI is InChI=1S/C24H28F3N7O2/c1-14-3-4-16(36-24(25,26)27)11-17(14)20-29-30-21-18-19(35-10-9-32(18)2)22(31-34(20)21)33-7-5-23(6-8-33)12-15(28)13-23/h3-4,11,15H,5-10,12-13,28H2,1-2H3. The third-order valence-corrected chi connectivity index (χ3v) is 7.72. The maximum Gasteiger partial charge on any atom is 0.573 e. The van der Waals surface area contributed by atoms with Gasteiger partial charge in [0.25, 0.3) is 0 Å². The van der Waals surface area contributed by atoms with Crippen LogP contribution in [0.5, 0.6) is 11.5 Å². The Balaban J connectivity index is 1.44. The van der Waals surface area contributed by atoms with Gasteiger partial charge in [-0.2, -0.15) is 4.52 Å². The molecule has 6 rings (SSSR count). The molecule has 3 aliphatic rings. The van der Waals surface area contributed by atoms with Crippen LogP contribution in [-0.4, -0.2) is 65.5 Å². The number of nitrogens with two attached hydrogens (primary N) is 1. The number of alkyl halides is 3. The van der Waals surface area contributed by atoms with Crippen LogP contribution in [0.15, 0.2) is 18.2 Å². The lowest BCUT2D eigenvalue weighted by Gasteiger charge is -2.51. The minimum atomic E-state index is -4.79. The number of hydrogen-bond donors (Lipinski definition) is 1. The van der Waals surface area contributed by atoms with Crippen molar-refractivity contribution >= 4 is 17.2 Å². The Labute approximate surface area is 206 Å². The SMILES string of the molecule is Cc1ccc(OC(F)(F)F)cc1-c1nnc2c3c(c(N4CCC5(CC4)CC(N)C5)nn12)OCCN3C. The Kier molecular flexibility index (Phi) is 5.22. The number of aromatic nitrogens is 4. The van der Waals surface area contributed by atoms with Gasteiger partial charge in [0.1, 0.15) is 18.0 Å². The molecule has 2 N–H and O–H groups in total. The minimum absolute atomic E-state index is 0.302. The molecule has 2 fully saturated rings. The van der Waals surface area contributed by atoms with Gasteiger partial charge in [-0.05, 0) is 55.7 Å². The van der Waals surface area contributed by atoms with Crippen LogP contribution in [0.2, 0.25) is 0 Å². The molecule has 0 unspecified atom stereocenters. The van der Waals surface area contributed by atoms with Crippen LogP contribution in [0.25, 0.3) is 17.0 Å². The van der Waals surface area contributed by atoms with Gasteiger partial charge in [0.2, 0.25) is 5.65 Å². The first kappa shape index (κ1) is 23.1. The third kappa shape index (κ3) is 3.87. The molecule has 1 aliphatic carbocycles. The van der Waals surface area contributed by atoms with Crippen molar-refractivity contribution < 1.29 is 22.6 Å². The molecule has 1 saturated carbocycles. The number of rotatable bonds is 3. The second kappa shape index (κ2) is 8.12. The van der Waals surface area contributed by atoms with Crippen molar-refractivity contribution in [3.8, 4) is 22.9 Å². The number of aryl methyl sites for hydroxylation is 1. The number of likely N-dealkylation sites (N-methyl/N-ethyl adjacent to an activating group) is 1. The van der Waals surface area contributed by atoms with Crippen molar-refractivity contribution in [2.24, 2.45) is 11.1 Å². The number of hydrogen-bond acceptors (Lipinski definition) is 8. The smallest absolute Gasteiger partial charge is 0.486 e. The average molecular weight is 504 g/mol. The molecule has 36 heavy (non-hydrogen) atoms. The van der Waals surface area contributed by atoms with Crippen LogP contribution in [0.4, 0.5) is 24.7 Å². The summed E-state index contributed by atoms with van der Waals surface area (Å²) in [6.07, 6.45) is -0.586. The first-order chi connectivity index (χ1) is 17.1. The number of halogens is 3. The van der Waals surface area contributed by atoms with Gasteiger partial charge in [-0.15, -0.1) is 28.5 Å². The molecule has 1 spiro atoms. The molecule has 1 aromatic carbocycles. The fourth-order valence-electron chi connectivity index (χ4n) is 5.81. The topological polar surface area (TPSA) is 94.0 Å². The molecule has 0 atom stereocenters. The zero-order valence-electron chi connectivity index (χ0n) is 20.2. The Bertz CT molecular complexity index is 1310. The first-order valence-corrected chi connectivity index (χ1v) is 12.1. The number of piperidine rings is 1. The fourth-order valence-corrected chi connectivity index (χ4v) is 5.81. The Morgan fingerprint density at radius 2 is 1.89 bits per heavy atom. The second-order valence-corrected chi connectivity index (χ2v) is 10.2. The van der Waals surface area contributed by atoms with E-state index in [1.165, 1.54) is 12.1 Å². The van der Waals surface area contributed by atoms with Gasteiger partial charge in [-0.3, -0.25) is 0 Å². The first-order valence-electron chi connectivity index (χ1n) is 12.1. The number of ether oxygens (including phenoxy) is 2. The summed E-state index contributed by atoms with van der Waals surface area (Å²) in [5.41, 5.74) is 8.86. The number of benzene rings is 1. The van der Waals surface area contributed by atoms with E-state index in [1.54, 1.807) is 17.5 Å². The van der Waals surface area contributed by atoms with Gasteiger partial charge >= 0.3 is 6.36 Å². The van der Waals surface area contributed by atoms with Gasteiger partial charge in [0.15, 0.2) is 17.4 Å². The predicted octanol–water partition coefficient (Wildman–Crippen LogP) is 3.53. The molecule has 192 valence electrons. The van der Waals surface area contributed by atoms with Gasteiger partial charge in [0, 0.05) is 31.7 Å². The Morgan fingerprint density at radius 1 is 1.14 bits per heavy atom. The zero-order valence-corrected chi connectivity index (χ0v) is 20.2. The summed E-state index contributed by atoms with van der Waals surface area (Å²) in [5.74, 6) is 1.39. The molecule has 0 amide bonds. The van der Waals surface area contributed by atoms with Crippen LogP contribution in [-0.2, 0) is 0 Å². The molecule has 1 saturated heterocycles. The molecular formula is C24H28F3N7O2. The molecule has 12 heteroatoms. The fraction of sp³-hybridized carbons (Fsp3) is 0.542. The molecule has 4 heterocycles. The maximum atomic E-state index is 12.9. The van der Waals surface area contributed by atoms with Crippen LogP contribution in [0.3, 0.4) is 0 Å². The summed E-state index contributed by atoms with van der Waals surface area (Å²) in [6.45, 7) is 4.66. The van der Waals surface area contributed by atoms with E-state index in [2.05, 4.69) is 24.7 Å². The molecule has 2 aromatic heterocycles. The molecule has 9 nitrogen and oxygen atoms in total. The van der Waals surface area contributed by atoms with Crippen molar-refractivity contribution in [1.82, 2.24) is 19.8 Å². The van der Waals surface area contributed by atoms with Crippen LogP contribution in [0, 0.1) is 12.3 Å². The quantitative estimate of drug-likeness (QED) is 0.580. The van der Waals surface area contributed by atoms with Crippen molar-refractivity contribution in [3.63, 3.8) is 0 Å². The highest BCUT2D eigenvalue weighted by molar-refractivity contribution is 5.83. The van der Waals surface area contributed by atoms with Crippen LogP contribution in [0.1, 0.15) is 31.2 Å². The normalized spacial score (nSPS) is 19.8. The molecular weight excluding hydrogens is 475 g/mol. The lowest BCUT2D eigenvalue weighted by atomic mass is 9.61. The summed E-state index contributed by atoms with van der Waals surface area (Å²) >= 11 is 0. The van der Waals surface area contributed by atoms with E-state index in [1.807, 2.05) is 7.05 Å². The van der Waals surface area contributed by atoms with Crippen LogP contribution < -0.4 is 25.0 Å². The number of fused-ring (bicyclic) bond motifs is 3. The molecule has 0 radical (unpaired) electrons. The second-order valence-electron chi connectivity index (χ2n) is 10.2.